The Bertz CT molecular complexity index is 388. The highest BCUT2D eigenvalue weighted by Crippen LogP contribution is 2.40. The summed E-state index contributed by atoms with van der Waals surface area (Å²) in [6, 6.07) is 5.10. The molecular weight excluding hydrogens is 281 g/mol. The molecule has 1 saturated heterocycles. The van der Waals surface area contributed by atoms with Crippen molar-refractivity contribution in [3.63, 3.8) is 0 Å². The van der Waals surface area contributed by atoms with Gasteiger partial charge in [-0.1, -0.05) is 6.07 Å². The molecule has 0 bridgehead atoms. The van der Waals surface area contributed by atoms with E-state index in [0.717, 1.165) is 11.8 Å². The number of nitrogens with two attached hydrogens (primary N) is 1. The Hall–Kier alpha value is -0.350. The van der Waals surface area contributed by atoms with Crippen molar-refractivity contribution in [1.29, 1.82) is 0 Å². The largest absolute Gasteiger partial charge is 0.327 e. The second-order valence-electron chi connectivity index (χ2n) is 5.58. The maximum atomic E-state index is 6.18. The lowest BCUT2D eigenvalue weighted by molar-refractivity contribution is 0.238. The van der Waals surface area contributed by atoms with Gasteiger partial charge in [-0.3, -0.25) is 9.88 Å². The Kier molecular flexibility index (Phi) is 6.06. The van der Waals surface area contributed by atoms with Crippen molar-refractivity contribution >= 4 is 24.8 Å². The van der Waals surface area contributed by atoms with Crippen molar-refractivity contribution in [1.82, 2.24) is 9.88 Å². The quantitative estimate of drug-likeness (QED) is 0.913. The zero-order chi connectivity index (χ0) is 11.8. The van der Waals surface area contributed by atoms with Gasteiger partial charge in [0.2, 0.25) is 0 Å². The molecule has 108 valence electrons. The van der Waals surface area contributed by atoms with Crippen molar-refractivity contribution in [2.45, 2.75) is 31.8 Å². The summed E-state index contributed by atoms with van der Waals surface area (Å²) in [5.41, 5.74) is 7.50. The summed E-state index contributed by atoms with van der Waals surface area (Å²) in [4.78, 5) is 6.79. The summed E-state index contributed by atoms with van der Waals surface area (Å²) < 4.78 is 0. The molecule has 2 N–H and O–H groups in total. The lowest BCUT2D eigenvalue weighted by Gasteiger charge is -2.25. The van der Waals surface area contributed by atoms with Crippen LogP contribution in [-0.2, 0) is 0 Å². The normalized spacial score (nSPS) is 31.2. The molecule has 2 fully saturated rings. The van der Waals surface area contributed by atoms with Crippen molar-refractivity contribution < 1.29 is 0 Å². The van der Waals surface area contributed by atoms with Crippen LogP contribution in [0.3, 0.4) is 0 Å². The average molecular weight is 304 g/mol. The lowest BCUT2D eigenvalue weighted by atomic mass is 9.98. The van der Waals surface area contributed by atoms with E-state index in [0.29, 0.717) is 12.1 Å². The molecule has 2 aliphatic rings. The maximum absolute atomic E-state index is 6.18. The van der Waals surface area contributed by atoms with E-state index in [1.54, 1.807) is 0 Å². The smallest absolute Gasteiger partial charge is 0.0335 e. The van der Waals surface area contributed by atoms with Crippen molar-refractivity contribution in [3.8, 4) is 0 Å². The van der Waals surface area contributed by atoms with Crippen LogP contribution >= 0.6 is 24.8 Å². The van der Waals surface area contributed by atoms with Gasteiger partial charge in [0.15, 0.2) is 0 Å². The summed E-state index contributed by atoms with van der Waals surface area (Å²) in [5.74, 6) is 1.57. The van der Waals surface area contributed by atoms with Crippen LogP contribution < -0.4 is 5.73 Å². The zero-order valence-electron chi connectivity index (χ0n) is 11.2. The van der Waals surface area contributed by atoms with Gasteiger partial charge in [-0.05, 0) is 43.2 Å². The lowest BCUT2D eigenvalue weighted by Crippen LogP contribution is -2.31. The van der Waals surface area contributed by atoms with Gasteiger partial charge >= 0.3 is 0 Å². The van der Waals surface area contributed by atoms with Crippen LogP contribution in [0.2, 0.25) is 0 Å². The molecule has 4 unspecified atom stereocenters. The van der Waals surface area contributed by atoms with Crippen molar-refractivity contribution in [3.05, 3.63) is 30.1 Å². The van der Waals surface area contributed by atoms with Crippen LogP contribution in [0.15, 0.2) is 24.5 Å². The zero-order valence-corrected chi connectivity index (χ0v) is 12.9. The van der Waals surface area contributed by atoms with E-state index in [2.05, 4.69) is 22.9 Å². The molecule has 5 heteroatoms. The molecule has 1 aromatic heterocycles. The minimum atomic E-state index is 0. The minimum absolute atomic E-state index is 0. The average Bonchev–Trinajstić information content (AvgIpc) is 2.92. The molecule has 4 atom stereocenters. The predicted octanol–water partition coefficient (Wildman–Crippen LogP) is 2.66. The standard InChI is InChI=1S/C14H21N3.2ClH/c1-10(11-3-2-6-16-7-11)17-8-12-4-5-14(15)13(12)9-17;;/h2-3,6-7,10,12-14H,4-5,8-9,15H2,1H3;2*1H. The van der Waals surface area contributed by atoms with E-state index in [-0.39, 0.29) is 24.8 Å². The van der Waals surface area contributed by atoms with Crippen molar-refractivity contribution in [2.24, 2.45) is 17.6 Å². The molecule has 2 heterocycles. The molecule has 1 saturated carbocycles. The van der Waals surface area contributed by atoms with Gasteiger partial charge in [0.25, 0.3) is 0 Å². The van der Waals surface area contributed by atoms with E-state index in [1.807, 2.05) is 18.5 Å². The molecule has 3 nitrogen and oxygen atoms in total. The minimum Gasteiger partial charge on any atom is -0.327 e. The first-order chi connectivity index (χ1) is 8.25. The van der Waals surface area contributed by atoms with Gasteiger partial charge in [0.05, 0.1) is 0 Å². The fourth-order valence-corrected chi connectivity index (χ4v) is 3.49. The first-order valence-electron chi connectivity index (χ1n) is 6.65. The Morgan fingerprint density at radius 2 is 2.11 bits per heavy atom. The molecule has 0 aromatic carbocycles. The number of fused-ring (bicyclic) bond motifs is 1. The second-order valence-corrected chi connectivity index (χ2v) is 5.58. The van der Waals surface area contributed by atoms with Crippen LogP contribution in [0.5, 0.6) is 0 Å². The van der Waals surface area contributed by atoms with E-state index >= 15 is 0 Å². The third-order valence-electron chi connectivity index (χ3n) is 4.66. The van der Waals surface area contributed by atoms with Crippen LogP contribution in [0.1, 0.15) is 31.4 Å². The Morgan fingerprint density at radius 3 is 2.74 bits per heavy atom. The summed E-state index contributed by atoms with van der Waals surface area (Å²) in [6.45, 7) is 4.67. The molecule has 0 spiro atoms. The van der Waals surface area contributed by atoms with E-state index in [9.17, 15) is 0 Å². The van der Waals surface area contributed by atoms with Gasteiger partial charge in [0.1, 0.15) is 0 Å². The predicted molar refractivity (Wildman–Crippen MR) is 82.9 cm³/mol. The Morgan fingerprint density at radius 1 is 1.32 bits per heavy atom. The first kappa shape index (κ1) is 16.7. The molecule has 0 amide bonds. The molecule has 0 radical (unpaired) electrons. The third kappa shape index (κ3) is 3.22. The van der Waals surface area contributed by atoms with Crippen LogP contribution in [0, 0.1) is 11.8 Å². The van der Waals surface area contributed by atoms with E-state index < -0.39 is 0 Å². The van der Waals surface area contributed by atoms with Gasteiger partial charge in [-0.15, -0.1) is 24.8 Å². The number of nitrogens with zero attached hydrogens (tertiary/aromatic N) is 2. The van der Waals surface area contributed by atoms with Gasteiger partial charge < -0.3 is 5.73 Å². The molecule has 1 aliphatic heterocycles. The topological polar surface area (TPSA) is 42.2 Å². The Balaban J connectivity index is 0.000000902. The van der Waals surface area contributed by atoms with Gasteiger partial charge in [0, 0.05) is 37.6 Å². The summed E-state index contributed by atoms with van der Waals surface area (Å²) >= 11 is 0. The monoisotopic (exact) mass is 303 g/mol. The van der Waals surface area contributed by atoms with E-state index in [1.165, 1.54) is 31.5 Å². The number of halogens is 2. The number of hydrogen-bond donors (Lipinski definition) is 1. The summed E-state index contributed by atoms with van der Waals surface area (Å²) in [7, 11) is 0. The molecule has 19 heavy (non-hydrogen) atoms. The van der Waals surface area contributed by atoms with Gasteiger partial charge in [-0.25, -0.2) is 0 Å². The highest BCUT2D eigenvalue weighted by atomic mass is 35.5. The number of rotatable bonds is 2. The van der Waals surface area contributed by atoms with E-state index in [4.69, 9.17) is 5.73 Å². The summed E-state index contributed by atoms with van der Waals surface area (Å²) in [5, 5.41) is 0. The third-order valence-corrected chi connectivity index (χ3v) is 4.66. The van der Waals surface area contributed by atoms with Crippen LogP contribution in [0.25, 0.3) is 0 Å². The Labute approximate surface area is 127 Å². The summed E-state index contributed by atoms with van der Waals surface area (Å²) in [6.07, 6.45) is 6.37. The number of hydrogen-bond acceptors (Lipinski definition) is 3. The molecule has 3 rings (SSSR count). The van der Waals surface area contributed by atoms with Crippen LogP contribution in [-0.4, -0.2) is 29.0 Å². The number of likely N-dealkylation sites (tertiary alicyclic amines) is 1. The maximum Gasteiger partial charge on any atom is 0.0335 e. The molecule has 1 aliphatic carbocycles. The first-order valence-corrected chi connectivity index (χ1v) is 6.65. The fraction of sp³-hybridized carbons (Fsp3) is 0.643. The highest BCUT2D eigenvalue weighted by molar-refractivity contribution is 5.85. The van der Waals surface area contributed by atoms with Crippen LogP contribution in [0.4, 0.5) is 0 Å². The highest BCUT2D eigenvalue weighted by Gasteiger charge is 2.42. The second kappa shape index (κ2) is 6.89. The van der Waals surface area contributed by atoms with Crippen molar-refractivity contribution in [2.75, 3.05) is 13.1 Å². The molecular formula is C14H23Cl2N3. The SMILES string of the molecule is CC(c1cccnc1)N1CC2CCC(N)C2C1.Cl.Cl. The molecule has 1 aromatic rings. The number of pyridine rings is 1. The number of aromatic nitrogens is 1. The van der Waals surface area contributed by atoms with Gasteiger partial charge in [-0.2, -0.15) is 0 Å². The fourth-order valence-electron chi connectivity index (χ4n) is 3.49.